The Balaban J connectivity index is 1.54. The number of rotatable bonds is 12. The summed E-state index contributed by atoms with van der Waals surface area (Å²) in [6, 6.07) is 0.744. The minimum Gasteiger partial charge on any atom is -0.477 e. The van der Waals surface area contributed by atoms with Crippen LogP contribution in [0.4, 0.5) is 9.52 Å². The minimum absolute atomic E-state index is 0.103. The lowest BCUT2D eigenvalue weighted by atomic mass is 10.0. The molecule has 1 unspecified atom stereocenters. The van der Waals surface area contributed by atoms with Gasteiger partial charge in [0.15, 0.2) is 10.8 Å². The Labute approximate surface area is 239 Å². The fourth-order valence-corrected chi connectivity index (χ4v) is 7.68. The Morgan fingerprint density at radius 2 is 2.26 bits per heavy atom. The molecule has 2 aliphatic rings. The van der Waals surface area contributed by atoms with Gasteiger partial charge in [-0.05, 0) is 11.8 Å². The highest BCUT2D eigenvalue weighted by atomic mass is 32.2. The number of hydrogen-bond donors (Lipinski definition) is 4. The third-order valence-corrected chi connectivity index (χ3v) is 9.68. The highest BCUT2D eigenvalue weighted by molar-refractivity contribution is 8.06. The molecule has 6 N–H and O–H groups in total. The number of fused-ring (bicyclic) bond motifs is 1. The lowest BCUT2D eigenvalue weighted by molar-refractivity contribution is -0.150. The van der Waals surface area contributed by atoms with Crippen molar-refractivity contribution in [3.63, 3.8) is 0 Å². The number of alkyl halides is 1. The molecule has 2 amide bonds. The summed E-state index contributed by atoms with van der Waals surface area (Å²) in [5.41, 5.74) is 12.4. The number of amides is 2. The van der Waals surface area contributed by atoms with Gasteiger partial charge in [-0.25, -0.2) is 14.2 Å². The maximum atomic E-state index is 13.1. The van der Waals surface area contributed by atoms with Crippen LogP contribution in [0.5, 0.6) is 0 Å². The van der Waals surface area contributed by atoms with E-state index in [9.17, 15) is 23.9 Å². The van der Waals surface area contributed by atoms with Gasteiger partial charge in [0.25, 0.3) is 11.8 Å². The maximum Gasteiger partial charge on any atom is 0.353 e. The molecule has 208 valence electrons. The number of carboxylic acid groups (broad SMARTS) is 1. The number of nitrogen functional groups attached to an aromatic ring is 1. The van der Waals surface area contributed by atoms with Gasteiger partial charge in [0.2, 0.25) is 0 Å². The number of nitrogens with one attached hydrogen (secondary N) is 1. The first-order valence-corrected chi connectivity index (χ1v) is 15.2. The van der Waals surface area contributed by atoms with Gasteiger partial charge in [0.05, 0.1) is 5.37 Å². The molecule has 0 radical (unpaired) electrons. The van der Waals surface area contributed by atoms with Crippen LogP contribution >= 0.6 is 46.6 Å². The Kier molecular flexibility index (Phi) is 9.71. The smallest absolute Gasteiger partial charge is 0.353 e. The number of β-lactam (4-membered cyclic amide) rings is 1. The second kappa shape index (κ2) is 13.0. The Morgan fingerprint density at radius 1 is 1.46 bits per heavy atom. The number of carbonyl (C=O) groups excluding carboxylic acids is 2. The van der Waals surface area contributed by atoms with Crippen molar-refractivity contribution in [3.8, 4) is 0 Å². The molecular formula is C22H24FN7O5S4. The summed E-state index contributed by atoms with van der Waals surface area (Å²) in [5.74, 6) is -1.56. The van der Waals surface area contributed by atoms with Crippen LogP contribution in [-0.4, -0.2) is 79.7 Å². The highest BCUT2D eigenvalue weighted by Crippen LogP contribution is 2.46. The van der Waals surface area contributed by atoms with Gasteiger partial charge in [-0.1, -0.05) is 23.8 Å². The molecule has 0 aromatic carbocycles. The minimum atomic E-state index is -1.26. The normalized spacial score (nSPS) is 19.8. The molecule has 0 aliphatic carbocycles. The molecule has 4 heterocycles. The molecule has 1 fully saturated rings. The van der Waals surface area contributed by atoms with Gasteiger partial charge in [0.1, 0.15) is 36.1 Å². The maximum absolute atomic E-state index is 13.1. The van der Waals surface area contributed by atoms with Crippen LogP contribution in [-0.2, 0) is 19.2 Å². The standard InChI is InChI=1S/C22H24FN7O5S4/c1-2-36-17(24)10-7-26-5-3-12(10)39-13-9-37-20-15(19(32)30(20)16(13)21(33)34)28-18(31)14(29-35-6-4-23)11-8-38-22(25)27-11/h3,5,7-8,15,17,20H,2,4,6,9,24H2,1H3,(H2,25,27)(H,28,31)(H,33,34)/b29-14-/t15-,17?,20+/m1/s1. The number of carboxylic acids is 1. The van der Waals surface area contributed by atoms with Crippen molar-refractivity contribution in [1.29, 1.82) is 0 Å². The average Bonchev–Trinajstić information content (AvgIpc) is 3.35. The molecule has 3 atom stereocenters. The van der Waals surface area contributed by atoms with Crippen molar-refractivity contribution < 1.29 is 28.7 Å². The molecule has 4 rings (SSSR count). The monoisotopic (exact) mass is 613 g/mol. The highest BCUT2D eigenvalue weighted by Gasteiger charge is 2.54. The first kappa shape index (κ1) is 29.1. The topological polar surface area (TPSA) is 186 Å². The number of anilines is 1. The molecule has 17 heteroatoms. The lowest BCUT2D eigenvalue weighted by Gasteiger charge is -2.49. The van der Waals surface area contributed by atoms with Crippen molar-refractivity contribution in [2.24, 2.45) is 10.9 Å². The van der Waals surface area contributed by atoms with Crippen LogP contribution in [0.15, 0.2) is 44.5 Å². The van der Waals surface area contributed by atoms with Gasteiger partial charge in [-0.2, -0.15) is 0 Å². The fraction of sp³-hybridized carbons (Fsp3) is 0.364. The van der Waals surface area contributed by atoms with Gasteiger partial charge in [0, 0.05) is 38.9 Å². The number of pyridine rings is 1. The number of oxime groups is 1. The van der Waals surface area contributed by atoms with Crippen LogP contribution in [0.3, 0.4) is 0 Å². The summed E-state index contributed by atoms with van der Waals surface area (Å²) in [6.45, 7) is 0.792. The van der Waals surface area contributed by atoms with Gasteiger partial charge in [-0.15, -0.1) is 34.9 Å². The number of halogens is 1. The number of carbonyl (C=O) groups is 3. The van der Waals surface area contributed by atoms with Crippen LogP contribution in [0, 0.1) is 0 Å². The summed E-state index contributed by atoms with van der Waals surface area (Å²) in [4.78, 5) is 53.8. The molecule has 12 nitrogen and oxygen atoms in total. The number of aliphatic carboxylic acids is 1. The SMILES string of the molecule is CCSC(N)c1cnccc1SC1=C(C(=O)O)N2C(=O)[C@@H](NC(=O)/C(=N\OCCF)c3csc(N)n3)[C@@H]2SC1. The van der Waals surface area contributed by atoms with E-state index in [2.05, 4.69) is 20.4 Å². The zero-order valence-corrected chi connectivity index (χ0v) is 23.7. The van der Waals surface area contributed by atoms with Gasteiger partial charge < -0.3 is 26.7 Å². The van der Waals surface area contributed by atoms with Crippen LogP contribution in [0.1, 0.15) is 23.6 Å². The summed E-state index contributed by atoms with van der Waals surface area (Å²) in [7, 11) is 0. The van der Waals surface area contributed by atoms with E-state index >= 15 is 0 Å². The van der Waals surface area contributed by atoms with E-state index < -0.39 is 35.9 Å². The molecule has 2 aliphatic heterocycles. The van der Waals surface area contributed by atoms with Crippen molar-refractivity contribution in [1.82, 2.24) is 20.2 Å². The molecule has 0 bridgehead atoms. The largest absolute Gasteiger partial charge is 0.477 e. The first-order chi connectivity index (χ1) is 18.8. The second-order valence-electron chi connectivity index (χ2n) is 7.86. The van der Waals surface area contributed by atoms with E-state index in [0.717, 1.165) is 27.5 Å². The predicted molar refractivity (Wildman–Crippen MR) is 150 cm³/mol. The van der Waals surface area contributed by atoms with Crippen molar-refractivity contribution >= 4 is 75.2 Å². The van der Waals surface area contributed by atoms with Crippen LogP contribution in [0.25, 0.3) is 0 Å². The Morgan fingerprint density at radius 3 is 2.92 bits per heavy atom. The third-order valence-electron chi connectivity index (χ3n) is 5.42. The quantitative estimate of drug-likeness (QED) is 0.0898. The first-order valence-electron chi connectivity index (χ1n) is 11.4. The Bertz CT molecular complexity index is 1320. The molecule has 0 saturated carbocycles. The van der Waals surface area contributed by atoms with Crippen LogP contribution < -0.4 is 16.8 Å². The van der Waals surface area contributed by atoms with Gasteiger partial charge >= 0.3 is 5.97 Å². The molecule has 1 saturated heterocycles. The fourth-order valence-electron chi connectivity index (χ4n) is 3.73. The van der Waals surface area contributed by atoms with E-state index in [1.807, 2.05) is 6.92 Å². The average molecular weight is 614 g/mol. The predicted octanol–water partition coefficient (Wildman–Crippen LogP) is 2.01. The molecule has 2 aromatic rings. The summed E-state index contributed by atoms with van der Waals surface area (Å²) in [5, 5.41) is 16.9. The summed E-state index contributed by atoms with van der Waals surface area (Å²) < 4.78 is 12.5. The van der Waals surface area contributed by atoms with E-state index in [1.165, 1.54) is 45.6 Å². The number of aromatic nitrogens is 2. The zero-order chi connectivity index (χ0) is 28.1. The number of nitrogens with two attached hydrogens (primary N) is 2. The zero-order valence-electron chi connectivity index (χ0n) is 20.4. The van der Waals surface area contributed by atoms with Crippen molar-refractivity contribution in [2.45, 2.75) is 28.6 Å². The summed E-state index contributed by atoms with van der Waals surface area (Å²) in [6.07, 6.45) is 3.25. The second-order valence-corrected chi connectivity index (χ2v) is 12.4. The number of thioether (sulfide) groups is 3. The lowest BCUT2D eigenvalue weighted by Crippen LogP contribution is -2.71. The van der Waals surface area contributed by atoms with E-state index in [-0.39, 0.29) is 40.0 Å². The van der Waals surface area contributed by atoms with Crippen LogP contribution in [0.2, 0.25) is 0 Å². The third kappa shape index (κ3) is 6.32. The number of hydrogen-bond acceptors (Lipinski definition) is 13. The number of nitrogens with zero attached hydrogens (tertiary/aromatic N) is 4. The van der Waals surface area contributed by atoms with Crippen molar-refractivity contribution in [2.75, 3.05) is 30.5 Å². The van der Waals surface area contributed by atoms with E-state index in [0.29, 0.717) is 4.91 Å². The number of thiazole rings is 1. The summed E-state index contributed by atoms with van der Waals surface area (Å²) >= 11 is 5.14. The molecule has 2 aromatic heterocycles. The molecular weight excluding hydrogens is 590 g/mol. The van der Waals surface area contributed by atoms with Crippen molar-refractivity contribution in [3.05, 3.63) is 45.7 Å². The van der Waals surface area contributed by atoms with Gasteiger partial charge in [-0.3, -0.25) is 19.5 Å². The van der Waals surface area contributed by atoms with E-state index in [4.69, 9.17) is 16.3 Å². The molecule has 0 spiro atoms. The van der Waals surface area contributed by atoms with E-state index in [1.54, 1.807) is 18.5 Å². The molecule has 39 heavy (non-hydrogen) atoms. The Hall–Kier alpha value is -2.86.